The second kappa shape index (κ2) is 12.9. The van der Waals surface area contributed by atoms with Crippen LogP contribution in [0.2, 0.25) is 0 Å². The van der Waals surface area contributed by atoms with E-state index < -0.39 is 0 Å². The molecule has 8 aromatic carbocycles. The largest absolute Gasteiger partial charge is 0.456 e. The highest BCUT2D eigenvalue weighted by atomic mass is 32.2. The Kier molecular flexibility index (Phi) is 7.36. The van der Waals surface area contributed by atoms with E-state index >= 15 is 0 Å². The van der Waals surface area contributed by atoms with Crippen molar-refractivity contribution in [1.82, 2.24) is 0 Å². The van der Waals surface area contributed by atoms with E-state index in [4.69, 9.17) is 4.42 Å². The molecule has 9 aromatic rings. The summed E-state index contributed by atoms with van der Waals surface area (Å²) in [5, 5.41) is 3.02. The minimum Gasteiger partial charge on any atom is -0.456 e. The van der Waals surface area contributed by atoms with E-state index in [0.717, 1.165) is 56.8 Å². The average Bonchev–Trinajstić information content (AvgIpc) is 4.04. The Morgan fingerprint density at radius 1 is 0.421 bits per heavy atom. The number of benzene rings is 8. The van der Waals surface area contributed by atoms with Gasteiger partial charge in [-0.2, -0.15) is 0 Å². The third kappa shape index (κ3) is 5.21. The van der Waals surface area contributed by atoms with E-state index in [2.05, 4.69) is 216 Å². The van der Waals surface area contributed by atoms with Gasteiger partial charge in [0.2, 0.25) is 0 Å². The summed E-state index contributed by atoms with van der Waals surface area (Å²) in [6.45, 7) is 0. The third-order valence-electron chi connectivity index (χ3n) is 12.0. The second-order valence-corrected chi connectivity index (χ2v) is 16.4. The summed E-state index contributed by atoms with van der Waals surface area (Å²) < 4.78 is 6.66. The number of para-hydroxylation sites is 2. The summed E-state index contributed by atoms with van der Waals surface area (Å²) in [7, 11) is 0. The maximum absolute atomic E-state index is 6.66. The van der Waals surface area contributed by atoms with Crippen molar-refractivity contribution in [1.29, 1.82) is 0 Å². The molecule has 2 aliphatic heterocycles. The van der Waals surface area contributed by atoms with Crippen molar-refractivity contribution in [3.63, 3.8) is 0 Å². The fourth-order valence-electron chi connectivity index (χ4n) is 9.41. The molecule has 2 unspecified atom stereocenters. The summed E-state index contributed by atoms with van der Waals surface area (Å²) in [5.74, 6) is 0. The Morgan fingerprint density at radius 2 is 1.00 bits per heavy atom. The fraction of sp³-hybridized carbons (Fsp3) is 0.0566. The van der Waals surface area contributed by atoms with Gasteiger partial charge in [-0.3, -0.25) is 0 Å². The third-order valence-corrected chi connectivity index (χ3v) is 13.6. The quantitative estimate of drug-likeness (QED) is 0.162. The Balaban J connectivity index is 0.926. The van der Waals surface area contributed by atoms with Gasteiger partial charge in [-0.05, 0) is 130 Å². The van der Waals surface area contributed by atoms with Crippen molar-refractivity contribution in [2.24, 2.45) is 0 Å². The molecule has 0 saturated heterocycles. The number of nitrogens with zero attached hydrogens (tertiary/aromatic N) is 2. The van der Waals surface area contributed by atoms with E-state index in [1.54, 1.807) is 11.1 Å². The van der Waals surface area contributed by atoms with E-state index in [0.29, 0.717) is 10.5 Å². The number of hydrogen-bond acceptors (Lipinski definition) is 4. The Bertz CT molecular complexity index is 3030. The summed E-state index contributed by atoms with van der Waals surface area (Å²) in [4.78, 5) is 4.70. The molecule has 2 atom stereocenters. The van der Waals surface area contributed by atoms with Crippen molar-refractivity contribution in [3.05, 3.63) is 222 Å². The second-order valence-electron chi connectivity index (χ2n) is 15.2. The zero-order valence-electron chi connectivity index (χ0n) is 31.0. The fourth-order valence-corrected chi connectivity index (χ4v) is 11.2. The minimum atomic E-state index is 0.411. The standard InChI is InChI=1S/C53H36N2OS/c1-4-12-34(13-5-1)35-20-22-39(23-21-35)54(37-15-6-2-7-16-37)41-26-29-49-46(31-41)44-27-24-42(33-50(44)56-49)55(38-17-8-3-9-18-38)40-25-28-45-47(32-40)52-48-30-36-14-10-11-19-43(36)51(48)53(45)57-52/h1-29,31-33,52-53H,30H2. The topological polar surface area (TPSA) is 19.6 Å². The summed E-state index contributed by atoms with van der Waals surface area (Å²) in [6.07, 6.45) is 1.07. The number of anilines is 6. The average molecular weight is 749 g/mol. The summed E-state index contributed by atoms with van der Waals surface area (Å²) in [6, 6.07) is 70.1. The normalized spacial score (nSPS) is 16.2. The number of hydrogen-bond donors (Lipinski definition) is 0. The summed E-state index contributed by atoms with van der Waals surface area (Å²) >= 11 is 2.12. The summed E-state index contributed by atoms with van der Waals surface area (Å²) in [5.41, 5.74) is 19.8. The molecule has 0 fully saturated rings. The van der Waals surface area contributed by atoms with Crippen LogP contribution in [0, 0.1) is 0 Å². The van der Waals surface area contributed by atoms with Crippen molar-refractivity contribution < 1.29 is 4.42 Å². The maximum atomic E-state index is 6.66. The molecular formula is C53H36N2OS. The predicted octanol–water partition coefficient (Wildman–Crippen LogP) is 15.0. The van der Waals surface area contributed by atoms with Crippen LogP contribution in [0.4, 0.5) is 34.1 Å². The number of thioether (sulfide) groups is 1. The zero-order valence-corrected chi connectivity index (χ0v) is 31.9. The van der Waals surface area contributed by atoms with E-state index in [1.165, 1.54) is 39.1 Å². The van der Waals surface area contributed by atoms with Gasteiger partial charge < -0.3 is 14.2 Å². The van der Waals surface area contributed by atoms with Gasteiger partial charge in [-0.15, -0.1) is 11.8 Å². The van der Waals surface area contributed by atoms with Crippen molar-refractivity contribution in [3.8, 4) is 11.1 Å². The number of furan rings is 1. The SMILES string of the molecule is c1ccc(-c2ccc(N(c3ccccc3)c3ccc4oc5cc(N(c6ccccc6)c6ccc7c(c6)C6SC7C7=C6Cc6ccccc67)ccc5c4c3)cc2)cc1. The van der Waals surface area contributed by atoms with Crippen molar-refractivity contribution in [2.45, 2.75) is 16.9 Å². The molecule has 0 saturated carbocycles. The predicted molar refractivity (Wildman–Crippen MR) is 239 cm³/mol. The van der Waals surface area contributed by atoms with Crippen molar-refractivity contribution in [2.75, 3.05) is 9.80 Å². The lowest BCUT2D eigenvalue weighted by atomic mass is 9.85. The van der Waals surface area contributed by atoms with Crippen LogP contribution >= 0.6 is 11.8 Å². The zero-order chi connectivity index (χ0) is 37.5. The molecule has 1 aromatic heterocycles. The molecule has 3 heterocycles. The van der Waals surface area contributed by atoms with Crippen LogP contribution in [0.1, 0.15) is 32.8 Å². The van der Waals surface area contributed by atoms with E-state index in [-0.39, 0.29) is 0 Å². The van der Waals surface area contributed by atoms with Crippen LogP contribution in [0.15, 0.2) is 204 Å². The van der Waals surface area contributed by atoms with Gasteiger partial charge in [-0.1, -0.05) is 109 Å². The van der Waals surface area contributed by atoms with Crippen LogP contribution in [0.3, 0.4) is 0 Å². The lowest BCUT2D eigenvalue weighted by molar-refractivity contribution is 0.669. The molecule has 270 valence electrons. The van der Waals surface area contributed by atoms with Gasteiger partial charge in [0.25, 0.3) is 0 Å². The van der Waals surface area contributed by atoms with Crippen LogP contribution in [-0.2, 0) is 6.42 Å². The lowest BCUT2D eigenvalue weighted by Gasteiger charge is -2.27. The highest BCUT2D eigenvalue weighted by molar-refractivity contribution is 8.01. The molecule has 0 amide bonds. The first-order valence-corrected chi connectivity index (χ1v) is 20.6. The molecule has 0 spiro atoms. The Labute approximate surface area is 336 Å². The van der Waals surface area contributed by atoms with Gasteiger partial charge in [0.1, 0.15) is 11.2 Å². The molecular weight excluding hydrogens is 713 g/mol. The molecule has 0 radical (unpaired) electrons. The van der Waals surface area contributed by atoms with E-state index in [9.17, 15) is 0 Å². The number of fused-ring (bicyclic) bond motifs is 12. The van der Waals surface area contributed by atoms with Gasteiger partial charge >= 0.3 is 0 Å². The van der Waals surface area contributed by atoms with Crippen LogP contribution in [0.5, 0.6) is 0 Å². The molecule has 57 heavy (non-hydrogen) atoms. The highest BCUT2D eigenvalue weighted by Gasteiger charge is 2.47. The maximum Gasteiger partial charge on any atom is 0.137 e. The highest BCUT2D eigenvalue weighted by Crippen LogP contribution is 2.69. The van der Waals surface area contributed by atoms with Crippen LogP contribution < -0.4 is 9.80 Å². The Hall–Kier alpha value is -6.75. The van der Waals surface area contributed by atoms with Crippen LogP contribution in [0.25, 0.3) is 38.6 Å². The minimum absolute atomic E-state index is 0.411. The molecule has 2 bridgehead atoms. The molecule has 1 aliphatic carbocycles. The Morgan fingerprint density at radius 3 is 1.77 bits per heavy atom. The van der Waals surface area contributed by atoms with Crippen LogP contribution in [-0.4, -0.2) is 0 Å². The van der Waals surface area contributed by atoms with Gasteiger partial charge in [0.05, 0.1) is 10.5 Å². The first-order valence-electron chi connectivity index (χ1n) is 19.7. The molecule has 0 N–H and O–H groups in total. The smallest absolute Gasteiger partial charge is 0.137 e. The van der Waals surface area contributed by atoms with Gasteiger partial charge in [0, 0.05) is 51.0 Å². The molecule has 3 nitrogen and oxygen atoms in total. The number of rotatable bonds is 7. The van der Waals surface area contributed by atoms with Gasteiger partial charge in [-0.25, -0.2) is 0 Å². The monoisotopic (exact) mass is 748 g/mol. The first kappa shape index (κ1) is 32.5. The lowest BCUT2D eigenvalue weighted by Crippen LogP contribution is -2.11. The van der Waals surface area contributed by atoms with Gasteiger partial charge in [0.15, 0.2) is 0 Å². The van der Waals surface area contributed by atoms with E-state index in [1.807, 2.05) is 0 Å². The van der Waals surface area contributed by atoms with Crippen molar-refractivity contribution >= 4 is 73.4 Å². The molecule has 12 rings (SSSR count). The molecule has 3 aliphatic rings. The molecule has 4 heteroatoms. The first-order chi connectivity index (χ1) is 28.2.